The Morgan fingerprint density at radius 1 is 1.00 bits per heavy atom. The summed E-state index contributed by atoms with van der Waals surface area (Å²) in [5.41, 5.74) is 3.91. The highest BCUT2D eigenvalue weighted by atomic mass is 16.5. The normalized spacial score (nSPS) is 13.7. The van der Waals surface area contributed by atoms with Crippen LogP contribution >= 0.6 is 0 Å². The maximum Gasteiger partial charge on any atom is 0.407 e. The van der Waals surface area contributed by atoms with Crippen molar-refractivity contribution in [2.45, 2.75) is 58.5 Å². The number of hydrogen-bond acceptors (Lipinski definition) is 4. The Balaban J connectivity index is 1.71. The number of fused-ring (bicyclic) bond motifs is 3. The van der Waals surface area contributed by atoms with Crippen LogP contribution in [0, 0.1) is 5.92 Å². The quantitative estimate of drug-likeness (QED) is 0.590. The second-order valence-corrected chi connectivity index (χ2v) is 10.00. The summed E-state index contributed by atoms with van der Waals surface area (Å²) in [5.74, 6) is -1.58. The zero-order chi connectivity index (χ0) is 25.0. The van der Waals surface area contributed by atoms with Gasteiger partial charge in [-0.05, 0) is 48.9 Å². The van der Waals surface area contributed by atoms with E-state index in [1.807, 2.05) is 71.0 Å². The number of hydrogen-bond donors (Lipinski definition) is 2. The Morgan fingerprint density at radius 3 is 2.00 bits per heavy atom. The number of nitrogens with one attached hydrogen (secondary N) is 1. The molecule has 0 fully saturated rings. The van der Waals surface area contributed by atoms with Crippen molar-refractivity contribution in [2.24, 2.45) is 5.92 Å². The number of carboxylic acids is 1. The molecule has 0 heterocycles. The Kier molecular flexibility index (Phi) is 7.64. The fourth-order valence-electron chi connectivity index (χ4n) is 4.43. The van der Waals surface area contributed by atoms with Crippen LogP contribution in [0.1, 0.15) is 58.1 Å². The van der Waals surface area contributed by atoms with Crippen molar-refractivity contribution in [3.63, 3.8) is 0 Å². The fraction of sp³-hybridized carbons (Fsp3) is 0.444. The third-order valence-electron chi connectivity index (χ3n) is 6.17. The second kappa shape index (κ2) is 10.3. The lowest BCUT2D eigenvalue weighted by Gasteiger charge is -2.38. The van der Waals surface area contributed by atoms with E-state index in [1.165, 1.54) is 4.90 Å². The molecule has 2 aromatic carbocycles. The number of carbonyl (C=O) groups excluding carboxylic acids is 2. The summed E-state index contributed by atoms with van der Waals surface area (Å²) < 4.78 is 5.62. The number of alkyl carbamates (subject to hydrolysis) is 1. The van der Waals surface area contributed by atoms with E-state index in [-0.39, 0.29) is 37.3 Å². The van der Waals surface area contributed by atoms with Crippen LogP contribution in [0.5, 0.6) is 0 Å². The van der Waals surface area contributed by atoms with Gasteiger partial charge >= 0.3 is 12.1 Å². The summed E-state index contributed by atoms with van der Waals surface area (Å²) in [7, 11) is 0. The molecule has 3 rings (SSSR count). The SMILES string of the molecule is CC(C)[C@H](NC(=O)OCC1c2ccccc2-c2ccccc21)C(=O)N(CCC(=O)O)C(C)(C)C. The predicted molar refractivity (Wildman–Crippen MR) is 131 cm³/mol. The average molecular weight is 467 g/mol. The molecule has 2 N–H and O–H groups in total. The van der Waals surface area contributed by atoms with Gasteiger partial charge in [-0.25, -0.2) is 4.79 Å². The van der Waals surface area contributed by atoms with Crippen LogP contribution in [0.15, 0.2) is 48.5 Å². The first kappa shape index (κ1) is 25.3. The summed E-state index contributed by atoms with van der Waals surface area (Å²) in [4.78, 5) is 38.7. The molecule has 0 aromatic heterocycles. The van der Waals surface area contributed by atoms with Crippen LogP contribution < -0.4 is 5.32 Å². The van der Waals surface area contributed by atoms with Crippen LogP contribution in [0.4, 0.5) is 4.79 Å². The fourth-order valence-corrected chi connectivity index (χ4v) is 4.43. The molecule has 0 saturated carbocycles. The number of rotatable bonds is 8. The highest BCUT2D eigenvalue weighted by Crippen LogP contribution is 2.44. The van der Waals surface area contributed by atoms with Crippen molar-refractivity contribution >= 4 is 18.0 Å². The van der Waals surface area contributed by atoms with Gasteiger partial charge in [-0.15, -0.1) is 0 Å². The lowest BCUT2D eigenvalue weighted by Crippen LogP contribution is -2.57. The largest absolute Gasteiger partial charge is 0.481 e. The monoisotopic (exact) mass is 466 g/mol. The minimum absolute atomic E-state index is 0.0628. The van der Waals surface area contributed by atoms with Gasteiger partial charge < -0.3 is 20.1 Å². The standard InChI is InChI=1S/C27H34N2O5/c1-17(2)24(25(32)29(27(3,4)5)15-14-23(30)31)28-26(33)34-16-22-20-12-8-6-10-18(20)19-11-7-9-13-21(19)22/h6-13,17,22,24H,14-16H2,1-5H3,(H,28,33)(H,30,31)/t24-/m0/s1. The van der Waals surface area contributed by atoms with Gasteiger partial charge in [0.25, 0.3) is 0 Å². The third kappa shape index (κ3) is 5.58. The summed E-state index contributed by atoms with van der Waals surface area (Å²) >= 11 is 0. The molecule has 7 nitrogen and oxygen atoms in total. The third-order valence-corrected chi connectivity index (χ3v) is 6.17. The molecule has 0 radical (unpaired) electrons. The maximum absolute atomic E-state index is 13.3. The molecule has 2 amide bonds. The maximum atomic E-state index is 13.3. The van der Waals surface area contributed by atoms with E-state index in [0.29, 0.717) is 0 Å². The van der Waals surface area contributed by atoms with Crippen molar-refractivity contribution < 1.29 is 24.2 Å². The van der Waals surface area contributed by atoms with Gasteiger partial charge in [0.2, 0.25) is 5.91 Å². The van der Waals surface area contributed by atoms with E-state index in [1.54, 1.807) is 0 Å². The van der Waals surface area contributed by atoms with Crippen molar-refractivity contribution in [2.75, 3.05) is 13.2 Å². The summed E-state index contributed by atoms with van der Waals surface area (Å²) in [6.07, 6.45) is -0.834. The highest BCUT2D eigenvalue weighted by molar-refractivity contribution is 5.87. The first-order chi connectivity index (χ1) is 16.0. The van der Waals surface area contributed by atoms with E-state index in [0.717, 1.165) is 22.3 Å². The molecule has 0 aliphatic heterocycles. The lowest BCUT2D eigenvalue weighted by atomic mass is 9.98. The molecule has 1 aliphatic carbocycles. The van der Waals surface area contributed by atoms with Crippen LogP contribution in [0.2, 0.25) is 0 Å². The number of nitrogens with zero attached hydrogens (tertiary/aromatic N) is 1. The number of ether oxygens (including phenoxy) is 1. The van der Waals surface area contributed by atoms with Gasteiger partial charge in [0.05, 0.1) is 6.42 Å². The van der Waals surface area contributed by atoms with Gasteiger partial charge in [0.15, 0.2) is 0 Å². The molecule has 34 heavy (non-hydrogen) atoms. The molecule has 182 valence electrons. The first-order valence-electron chi connectivity index (χ1n) is 11.7. The minimum atomic E-state index is -0.979. The van der Waals surface area contributed by atoms with E-state index < -0.39 is 23.6 Å². The number of amides is 2. The molecule has 0 unspecified atom stereocenters. The molecule has 7 heteroatoms. The Hall–Kier alpha value is -3.35. The zero-order valence-corrected chi connectivity index (χ0v) is 20.5. The molecule has 2 aromatic rings. The second-order valence-electron chi connectivity index (χ2n) is 10.00. The molecule has 0 bridgehead atoms. The topological polar surface area (TPSA) is 95.9 Å². The summed E-state index contributed by atoms with van der Waals surface area (Å²) in [6, 6.07) is 15.3. The predicted octanol–water partition coefficient (Wildman–Crippen LogP) is 4.65. The molecular formula is C27H34N2O5. The Morgan fingerprint density at radius 2 is 1.53 bits per heavy atom. The van der Waals surface area contributed by atoms with E-state index in [9.17, 15) is 14.4 Å². The Labute approximate surface area is 201 Å². The van der Waals surface area contributed by atoms with Crippen LogP contribution in [-0.4, -0.2) is 52.7 Å². The summed E-state index contributed by atoms with van der Waals surface area (Å²) in [6.45, 7) is 9.43. The molecular weight excluding hydrogens is 432 g/mol. The van der Waals surface area contributed by atoms with Crippen molar-refractivity contribution in [1.82, 2.24) is 10.2 Å². The Bertz CT molecular complexity index is 1010. The number of carbonyl (C=O) groups is 3. The first-order valence-corrected chi connectivity index (χ1v) is 11.7. The van der Waals surface area contributed by atoms with E-state index >= 15 is 0 Å². The highest BCUT2D eigenvalue weighted by Gasteiger charge is 2.35. The molecule has 1 atom stereocenters. The van der Waals surface area contributed by atoms with Crippen LogP contribution in [0.3, 0.4) is 0 Å². The average Bonchev–Trinajstić information content (AvgIpc) is 3.08. The lowest BCUT2D eigenvalue weighted by molar-refractivity contribution is -0.142. The van der Waals surface area contributed by atoms with Crippen molar-refractivity contribution in [3.05, 3.63) is 59.7 Å². The van der Waals surface area contributed by atoms with Gasteiger partial charge in [-0.1, -0.05) is 62.4 Å². The van der Waals surface area contributed by atoms with Crippen LogP contribution in [0.25, 0.3) is 11.1 Å². The van der Waals surface area contributed by atoms with Gasteiger partial charge in [0, 0.05) is 18.0 Å². The van der Waals surface area contributed by atoms with E-state index in [2.05, 4.69) is 17.4 Å². The van der Waals surface area contributed by atoms with Gasteiger partial charge in [-0.3, -0.25) is 9.59 Å². The van der Waals surface area contributed by atoms with E-state index in [4.69, 9.17) is 9.84 Å². The molecule has 0 spiro atoms. The van der Waals surface area contributed by atoms with Gasteiger partial charge in [0.1, 0.15) is 12.6 Å². The number of carboxylic acid groups (broad SMARTS) is 1. The molecule has 0 saturated heterocycles. The van der Waals surface area contributed by atoms with Crippen LogP contribution in [-0.2, 0) is 14.3 Å². The van der Waals surface area contributed by atoms with Crippen molar-refractivity contribution in [1.29, 1.82) is 0 Å². The minimum Gasteiger partial charge on any atom is -0.481 e. The van der Waals surface area contributed by atoms with Gasteiger partial charge in [-0.2, -0.15) is 0 Å². The number of benzene rings is 2. The smallest absolute Gasteiger partial charge is 0.407 e. The zero-order valence-electron chi connectivity index (χ0n) is 20.5. The molecule has 1 aliphatic rings. The van der Waals surface area contributed by atoms with Crippen molar-refractivity contribution in [3.8, 4) is 11.1 Å². The summed E-state index contributed by atoms with van der Waals surface area (Å²) in [5, 5.41) is 11.8. The number of aliphatic carboxylic acids is 1.